The molecule has 0 amide bonds. The van der Waals surface area contributed by atoms with Crippen LogP contribution in [0.15, 0.2) is 18.2 Å². The lowest BCUT2D eigenvalue weighted by Crippen LogP contribution is -2.44. The number of hydrogen-bond donors (Lipinski definition) is 2. The molecule has 2 N–H and O–H groups in total. The monoisotopic (exact) mass is 320 g/mol. The molecule has 0 aromatic heterocycles. The van der Waals surface area contributed by atoms with E-state index in [0.29, 0.717) is 19.8 Å². The number of benzene rings is 1. The van der Waals surface area contributed by atoms with E-state index in [4.69, 9.17) is 19.6 Å². The molecule has 0 saturated carbocycles. The second kappa shape index (κ2) is 8.31. The molecule has 0 saturated heterocycles. The lowest BCUT2D eigenvalue weighted by molar-refractivity contribution is -0.249. The Balaban J connectivity index is 2.19. The molecule has 1 aromatic rings. The summed E-state index contributed by atoms with van der Waals surface area (Å²) in [6.45, 7) is 7.67. The predicted octanol–water partition coefficient (Wildman–Crippen LogP) is 3.76. The molecule has 5 heteroatoms. The molecule has 0 aliphatic carbocycles. The van der Waals surface area contributed by atoms with Gasteiger partial charge in [-0.05, 0) is 26.3 Å². The van der Waals surface area contributed by atoms with Gasteiger partial charge in [0.05, 0.1) is 12.2 Å². The van der Waals surface area contributed by atoms with Crippen molar-refractivity contribution in [1.29, 1.82) is 5.41 Å². The zero-order chi connectivity index (χ0) is 16.7. The zero-order valence-electron chi connectivity index (χ0n) is 14.4. The summed E-state index contributed by atoms with van der Waals surface area (Å²) < 4.78 is 17.5. The van der Waals surface area contributed by atoms with Crippen LogP contribution in [0.4, 0.5) is 0 Å². The molecule has 0 radical (unpaired) electrons. The third-order valence-corrected chi connectivity index (χ3v) is 3.87. The Labute approximate surface area is 138 Å². The molecule has 0 atom stereocenters. The summed E-state index contributed by atoms with van der Waals surface area (Å²) >= 11 is 0. The smallest absolute Gasteiger partial charge is 0.279 e. The van der Waals surface area contributed by atoms with Crippen LogP contribution in [0, 0.1) is 5.41 Å². The summed E-state index contributed by atoms with van der Waals surface area (Å²) in [5.74, 6) is -0.0684. The van der Waals surface area contributed by atoms with Gasteiger partial charge in [-0.15, -0.1) is 0 Å². The van der Waals surface area contributed by atoms with E-state index >= 15 is 0 Å². The summed E-state index contributed by atoms with van der Waals surface area (Å²) in [5, 5.41) is 11.3. The molecule has 1 heterocycles. The molecule has 0 unspecified atom stereocenters. The minimum atomic E-state index is -1.07. The van der Waals surface area contributed by atoms with E-state index < -0.39 is 5.91 Å². The normalized spacial score (nSPS) is 15.3. The number of ether oxygens (including phenoxy) is 3. The Morgan fingerprint density at radius 3 is 2.43 bits per heavy atom. The lowest BCUT2D eigenvalue weighted by Gasteiger charge is -2.29. The van der Waals surface area contributed by atoms with Gasteiger partial charge in [-0.1, -0.05) is 38.3 Å². The van der Waals surface area contributed by atoms with Crippen LogP contribution in [0.25, 0.3) is 0 Å². The molecule has 2 rings (SSSR count). The van der Waals surface area contributed by atoms with Crippen molar-refractivity contribution in [3.8, 4) is 5.75 Å². The summed E-state index contributed by atoms with van der Waals surface area (Å²) in [6, 6.07) is 5.76. The van der Waals surface area contributed by atoms with E-state index in [1.54, 1.807) is 0 Å². The molecule has 5 nitrogen and oxygen atoms in total. The summed E-state index contributed by atoms with van der Waals surface area (Å²) in [5.41, 5.74) is 1.56. The molecular weight excluding hydrogens is 292 g/mol. The summed E-state index contributed by atoms with van der Waals surface area (Å²) in [4.78, 5) is 0. The molecular formula is C18H28N2O3. The lowest BCUT2D eigenvalue weighted by atomic mass is 10.1. The SMILES string of the molecule is CCCCCCOc1cccc2c1C(=N)NC2(OCC)OCC. The number of amidine groups is 1. The largest absolute Gasteiger partial charge is 0.493 e. The molecule has 0 fully saturated rings. The molecule has 23 heavy (non-hydrogen) atoms. The van der Waals surface area contributed by atoms with Gasteiger partial charge in [0, 0.05) is 18.8 Å². The molecule has 1 aromatic carbocycles. The number of nitrogens with one attached hydrogen (secondary N) is 2. The minimum Gasteiger partial charge on any atom is -0.493 e. The fraction of sp³-hybridized carbons (Fsp3) is 0.611. The predicted molar refractivity (Wildman–Crippen MR) is 91.0 cm³/mol. The number of fused-ring (bicyclic) bond motifs is 1. The van der Waals surface area contributed by atoms with Crippen LogP contribution in [0.3, 0.4) is 0 Å². The maximum atomic E-state index is 8.28. The fourth-order valence-corrected chi connectivity index (χ4v) is 2.86. The van der Waals surface area contributed by atoms with Crippen LogP contribution in [0.5, 0.6) is 5.75 Å². The Morgan fingerprint density at radius 2 is 1.78 bits per heavy atom. The van der Waals surface area contributed by atoms with Gasteiger partial charge in [-0.3, -0.25) is 5.41 Å². The number of unbranched alkanes of at least 4 members (excludes halogenated alkanes) is 3. The fourth-order valence-electron chi connectivity index (χ4n) is 2.86. The highest BCUT2D eigenvalue weighted by Crippen LogP contribution is 2.38. The quantitative estimate of drug-likeness (QED) is 0.509. The van der Waals surface area contributed by atoms with Crippen molar-refractivity contribution >= 4 is 5.84 Å². The van der Waals surface area contributed by atoms with E-state index in [2.05, 4.69) is 12.2 Å². The van der Waals surface area contributed by atoms with Crippen LogP contribution in [0.1, 0.15) is 57.6 Å². The first kappa shape index (κ1) is 17.8. The second-order valence-corrected chi connectivity index (χ2v) is 5.57. The second-order valence-electron chi connectivity index (χ2n) is 5.57. The average Bonchev–Trinajstić information content (AvgIpc) is 2.81. The molecule has 0 spiro atoms. The first-order chi connectivity index (χ1) is 11.2. The topological polar surface area (TPSA) is 63.6 Å². The van der Waals surface area contributed by atoms with Crippen molar-refractivity contribution in [3.05, 3.63) is 29.3 Å². The Bertz CT molecular complexity index is 525. The van der Waals surface area contributed by atoms with E-state index in [0.717, 1.165) is 23.3 Å². The molecule has 128 valence electrons. The highest BCUT2D eigenvalue weighted by atomic mass is 16.7. The van der Waals surface area contributed by atoms with Gasteiger partial charge in [0.2, 0.25) is 0 Å². The van der Waals surface area contributed by atoms with E-state index in [1.807, 2.05) is 32.0 Å². The first-order valence-corrected chi connectivity index (χ1v) is 8.59. The zero-order valence-corrected chi connectivity index (χ0v) is 14.4. The maximum absolute atomic E-state index is 8.28. The van der Waals surface area contributed by atoms with E-state index in [1.165, 1.54) is 19.3 Å². The molecule has 1 aliphatic rings. The molecule has 0 bridgehead atoms. The van der Waals surface area contributed by atoms with E-state index in [9.17, 15) is 0 Å². The van der Waals surface area contributed by atoms with Crippen molar-refractivity contribution in [2.24, 2.45) is 0 Å². The van der Waals surface area contributed by atoms with Gasteiger partial charge in [0.15, 0.2) is 0 Å². The van der Waals surface area contributed by atoms with Crippen molar-refractivity contribution in [1.82, 2.24) is 5.32 Å². The summed E-state index contributed by atoms with van der Waals surface area (Å²) in [6.07, 6.45) is 4.63. The summed E-state index contributed by atoms with van der Waals surface area (Å²) in [7, 11) is 0. The van der Waals surface area contributed by atoms with Gasteiger partial charge in [0.1, 0.15) is 11.6 Å². The first-order valence-electron chi connectivity index (χ1n) is 8.59. The Kier molecular flexibility index (Phi) is 6.42. The number of rotatable bonds is 10. The molecule has 1 aliphatic heterocycles. The standard InChI is InChI=1S/C18H28N2O3/c1-4-7-8-9-13-21-15-12-10-11-14-16(15)17(19)20-18(14,22-5-2)23-6-3/h10-12H,4-9,13H2,1-3H3,(H2,19,20). The highest BCUT2D eigenvalue weighted by molar-refractivity contribution is 6.03. The van der Waals surface area contributed by atoms with Crippen LogP contribution in [-0.4, -0.2) is 25.7 Å². The average molecular weight is 320 g/mol. The maximum Gasteiger partial charge on any atom is 0.279 e. The van der Waals surface area contributed by atoms with Crippen LogP contribution >= 0.6 is 0 Å². The van der Waals surface area contributed by atoms with Gasteiger partial charge in [0.25, 0.3) is 5.91 Å². The Morgan fingerprint density at radius 1 is 1.04 bits per heavy atom. The van der Waals surface area contributed by atoms with E-state index in [-0.39, 0.29) is 5.84 Å². The van der Waals surface area contributed by atoms with Crippen molar-refractivity contribution in [3.63, 3.8) is 0 Å². The van der Waals surface area contributed by atoms with Crippen LogP contribution in [-0.2, 0) is 15.4 Å². The third-order valence-electron chi connectivity index (χ3n) is 3.87. The van der Waals surface area contributed by atoms with Crippen LogP contribution in [0.2, 0.25) is 0 Å². The van der Waals surface area contributed by atoms with Crippen LogP contribution < -0.4 is 10.1 Å². The van der Waals surface area contributed by atoms with Crippen molar-refractivity contribution < 1.29 is 14.2 Å². The Hall–Kier alpha value is -1.59. The van der Waals surface area contributed by atoms with Gasteiger partial charge in [-0.2, -0.15) is 0 Å². The van der Waals surface area contributed by atoms with Crippen molar-refractivity contribution in [2.45, 2.75) is 52.4 Å². The third kappa shape index (κ3) is 3.85. The minimum absolute atomic E-state index is 0.283. The highest BCUT2D eigenvalue weighted by Gasteiger charge is 2.45. The van der Waals surface area contributed by atoms with Gasteiger partial charge in [-0.25, -0.2) is 0 Å². The number of hydrogen-bond acceptors (Lipinski definition) is 4. The van der Waals surface area contributed by atoms with Gasteiger partial charge < -0.3 is 19.5 Å². The van der Waals surface area contributed by atoms with Crippen molar-refractivity contribution in [2.75, 3.05) is 19.8 Å². The van der Waals surface area contributed by atoms with Gasteiger partial charge >= 0.3 is 0 Å².